The minimum atomic E-state index is -0.0737. The van der Waals surface area contributed by atoms with E-state index in [2.05, 4.69) is 293 Å². The predicted octanol–water partition coefficient (Wildman–Crippen LogP) is 22.0. The number of hydrogen-bond donors (Lipinski definition) is 1. The van der Waals surface area contributed by atoms with Gasteiger partial charge in [-0.25, -0.2) is 15.0 Å². The third-order valence-electron chi connectivity index (χ3n) is 19.8. The Morgan fingerprint density at radius 3 is 1.66 bits per heavy atom. The number of imidazole rings is 2. The molecule has 0 radical (unpaired) electrons. The average Bonchev–Trinajstić information content (AvgIpc) is 0.783. The molecule has 13 aromatic carbocycles. The lowest BCUT2D eigenvalue weighted by Crippen LogP contribution is -2.16. The highest BCUT2D eigenvalue weighted by Gasteiger charge is 2.24. The Balaban J connectivity index is 0.683. The van der Waals surface area contributed by atoms with E-state index in [1.54, 1.807) is 0 Å². The van der Waals surface area contributed by atoms with E-state index < -0.39 is 0 Å². The summed E-state index contributed by atoms with van der Waals surface area (Å²) in [6, 6.07) is 97.3. The molecular weight excluding hydrogens is 1140 g/mol. The number of nitrogens with zero attached hydrogens (tertiary/aromatic N) is 6. The van der Waals surface area contributed by atoms with Crippen molar-refractivity contribution in [3.8, 4) is 78.4 Å². The monoisotopic (exact) mass is 1200 g/mol. The molecular formula is C87H53N7. The summed E-state index contributed by atoms with van der Waals surface area (Å²) in [5.74, 6) is 0. The molecule has 0 fully saturated rings. The van der Waals surface area contributed by atoms with Gasteiger partial charge in [-0.1, -0.05) is 249 Å². The SMILES string of the molecule is C1=CNC(c2nc3cc4ccccc4cn3c2-c2ccc(-c3c4ccc5ccccc5c4nc4c3ccc3cc(-c5cccc6cc7nc(-c8ccccn8)c(-c8ccc(-c9ccc(-c%10ccc%11ccc%12cccc%13ccc%10c%11c%12%13)cc9)cc8)n7cc56)ccc34)cc2)C=C1. The fraction of sp³-hybridized carbons (Fsp3) is 0.0115. The van der Waals surface area contributed by atoms with Gasteiger partial charge in [-0.05, 0) is 141 Å². The largest absolute Gasteiger partial charge is 0.379 e. The van der Waals surface area contributed by atoms with Crippen LogP contribution >= 0.6 is 0 Å². The van der Waals surface area contributed by atoms with Crippen molar-refractivity contribution < 1.29 is 0 Å². The van der Waals surface area contributed by atoms with E-state index in [1.807, 2.05) is 30.6 Å². The maximum atomic E-state index is 5.67. The van der Waals surface area contributed by atoms with Gasteiger partial charge in [0.1, 0.15) is 17.0 Å². The van der Waals surface area contributed by atoms with Crippen molar-refractivity contribution in [2.75, 3.05) is 0 Å². The Bertz CT molecular complexity index is 6400. The molecule has 6 aromatic heterocycles. The third kappa shape index (κ3) is 8.11. The van der Waals surface area contributed by atoms with Gasteiger partial charge in [0.2, 0.25) is 0 Å². The minimum absolute atomic E-state index is 0.0737. The topological polar surface area (TPSA) is 72.4 Å². The maximum Gasteiger partial charge on any atom is 0.138 e. The highest BCUT2D eigenvalue weighted by Crippen LogP contribution is 2.45. The molecule has 94 heavy (non-hydrogen) atoms. The number of dihydropyridines is 1. The fourth-order valence-electron chi connectivity index (χ4n) is 15.3. The van der Waals surface area contributed by atoms with Gasteiger partial charge in [0.25, 0.3) is 0 Å². The van der Waals surface area contributed by atoms with E-state index in [0.717, 1.165) is 149 Å². The molecule has 1 atom stereocenters. The van der Waals surface area contributed by atoms with Crippen molar-refractivity contribution in [2.45, 2.75) is 6.04 Å². The van der Waals surface area contributed by atoms with Crippen LogP contribution in [0.25, 0.3) is 187 Å². The van der Waals surface area contributed by atoms with Gasteiger partial charge in [0.05, 0.1) is 39.9 Å². The van der Waals surface area contributed by atoms with E-state index in [4.69, 9.17) is 19.9 Å². The van der Waals surface area contributed by atoms with E-state index in [0.29, 0.717) is 0 Å². The van der Waals surface area contributed by atoms with Crippen LogP contribution in [0.15, 0.2) is 310 Å². The Kier molecular flexibility index (Phi) is 11.4. The molecule has 19 aromatic rings. The zero-order valence-electron chi connectivity index (χ0n) is 50.7. The quantitative estimate of drug-likeness (QED) is 0.121. The zero-order valence-corrected chi connectivity index (χ0v) is 50.7. The van der Waals surface area contributed by atoms with E-state index in [-0.39, 0.29) is 6.04 Å². The van der Waals surface area contributed by atoms with Crippen molar-refractivity contribution in [1.82, 2.24) is 34.1 Å². The second kappa shape index (κ2) is 20.5. The molecule has 436 valence electrons. The number of rotatable bonds is 8. The minimum Gasteiger partial charge on any atom is -0.379 e. The van der Waals surface area contributed by atoms with Crippen molar-refractivity contribution >= 4 is 109 Å². The summed E-state index contributed by atoms with van der Waals surface area (Å²) in [5.41, 5.74) is 19.9. The van der Waals surface area contributed by atoms with Gasteiger partial charge >= 0.3 is 0 Å². The summed E-state index contributed by atoms with van der Waals surface area (Å²) in [5, 5.41) is 22.6. The molecule has 1 aliphatic rings. The normalized spacial score (nSPS) is 13.4. The standard InChI is InChI=1S/C87H53N7/c1-2-13-66-50-93-77(48-62(66)12-1)90-84(75-19-5-7-45-88-75)86(93)61-33-29-58(30-34-61)80-72-43-35-54-11-3-4-17-69(54)82(72)92-83-70-41-38-64(47-65(70)39-44-73(80)83)67-18-10-16-63-49-78-91-85(76-20-6-8-46-89-76)87(94(78)51-74(63)67)60-31-23-53(24-32-60)52-21-25-55(26-22-52)68-40-36-59-28-27-56-14-9-15-57-37-42-71(68)81(59)79(56)57/h1-51,75,88H. The number of fused-ring (bicyclic) bond motifs is 10. The second-order valence-corrected chi connectivity index (χ2v) is 25.0. The summed E-state index contributed by atoms with van der Waals surface area (Å²) in [4.78, 5) is 21.2. The van der Waals surface area contributed by atoms with Crippen LogP contribution in [0.2, 0.25) is 0 Å². The Labute approximate surface area is 539 Å². The zero-order chi connectivity index (χ0) is 61.5. The highest BCUT2D eigenvalue weighted by molar-refractivity contribution is 6.26. The maximum absolute atomic E-state index is 5.67. The van der Waals surface area contributed by atoms with Crippen LogP contribution in [0, 0.1) is 0 Å². The number of nitrogens with one attached hydrogen (secondary N) is 1. The second-order valence-electron chi connectivity index (χ2n) is 25.0. The fourth-order valence-corrected chi connectivity index (χ4v) is 15.3. The molecule has 1 aliphatic heterocycles. The molecule has 0 amide bonds. The molecule has 7 heteroatoms. The molecule has 1 N–H and O–H groups in total. The molecule has 0 saturated carbocycles. The Morgan fingerprint density at radius 2 is 0.883 bits per heavy atom. The first-order chi connectivity index (χ1) is 46.6. The van der Waals surface area contributed by atoms with Crippen LogP contribution in [-0.4, -0.2) is 28.7 Å². The summed E-state index contributed by atoms with van der Waals surface area (Å²) in [6.07, 6.45) is 14.6. The van der Waals surface area contributed by atoms with E-state index >= 15 is 0 Å². The van der Waals surface area contributed by atoms with Gasteiger partial charge in [-0.15, -0.1) is 0 Å². The molecule has 0 aliphatic carbocycles. The van der Waals surface area contributed by atoms with Crippen LogP contribution in [0.5, 0.6) is 0 Å². The van der Waals surface area contributed by atoms with Crippen LogP contribution in [0.1, 0.15) is 11.7 Å². The van der Waals surface area contributed by atoms with Crippen LogP contribution in [0.4, 0.5) is 0 Å². The lowest BCUT2D eigenvalue weighted by molar-refractivity contribution is 0.729. The number of pyridine rings is 4. The van der Waals surface area contributed by atoms with E-state index in [1.165, 1.54) is 43.4 Å². The first kappa shape index (κ1) is 52.2. The van der Waals surface area contributed by atoms with Crippen LogP contribution in [0.3, 0.4) is 0 Å². The molecule has 1 unspecified atom stereocenters. The molecule has 20 rings (SSSR count). The van der Waals surface area contributed by atoms with Crippen molar-refractivity contribution in [3.05, 3.63) is 316 Å². The van der Waals surface area contributed by atoms with E-state index in [9.17, 15) is 0 Å². The number of benzene rings is 13. The predicted molar refractivity (Wildman–Crippen MR) is 390 cm³/mol. The number of aromatic nitrogens is 6. The summed E-state index contributed by atoms with van der Waals surface area (Å²) in [6.45, 7) is 0. The lowest BCUT2D eigenvalue weighted by Gasteiger charge is -2.17. The van der Waals surface area contributed by atoms with Gasteiger partial charge in [-0.2, -0.15) is 0 Å². The lowest BCUT2D eigenvalue weighted by atomic mass is 9.89. The molecule has 7 heterocycles. The Hall–Kier alpha value is -12.6. The first-order valence-corrected chi connectivity index (χ1v) is 32.1. The van der Waals surface area contributed by atoms with Gasteiger partial charge in [0.15, 0.2) is 0 Å². The third-order valence-corrected chi connectivity index (χ3v) is 19.8. The van der Waals surface area contributed by atoms with Crippen LogP contribution < -0.4 is 5.32 Å². The number of hydrogen-bond acceptors (Lipinski definition) is 5. The van der Waals surface area contributed by atoms with Crippen molar-refractivity contribution in [2.24, 2.45) is 0 Å². The van der Waals surface area contributed by atoms with Crippen molar-refractivity contribution in [1.29, 1.82) is 0 Å². The molecule has 0 bridgehead atoms. The molecule has 0 saturated heterocycles. The molecule has 0 spiro atoms. The summed E-state index contributed by atoms with van der Waals surface area (Å²) >= 11 is 0. The Morgan fingerprint density at radius 1 is 0.330 bits per heavy atom. The first-order valence-electron chi connectivity index (χ1n) is 32.1. The van der Waals surface area contributed by atoms with Crippen LogP contribution in [-0.2, 0) is 0 Å². The van der Waals surface area contributed by atoms with Gasteiger partial charge in [0, 0.05) is 62.2 Å². The smallest absolute Gasteiger partial charge is 0.138 e. The van der Waals surface area contributed by atoms with Gasteiger partial charge in [-0.3, -0.25) is 13.8 Å². The summed E-state index contributed by atoms with van der Waals surface area (Å²) in [7, 11) is 0. The van der Waals surface area contributed by atoms with Gasteiger partial charge < -0.3 is 5.32 Å². The number of allylic oxidation sites excluding steroid dienone is 2. The molecule has 7 nitrogen and oxygen atoms in total. The highest BCUT2D eigenvalue weighted by atomic mass is 15.1. The van der Waals surface area contributed by atoms with Crippen molar-refractivity contribution in [3.63, 3.8) is 0 Å². The average molecular weight is 1200 g/mol. The summed E-state index contributed by atoms with van der Waals surface area (Å²) < 4.78 is 4.52.